The first kappa shape index (κ1) is 16.1. The number of piperidine rings is 1. The monoisotopic (exact) mass is 307 g/mol. The molecule has 2 fully saturated rings. The molecule has 5 nitrogen and oxygen atoms in total. The molecular weight excluding hydrogens is 287 g/mol. The first-order valence-corrected chi connectivity index (χ1v) is 7.25. The topological polar surface area (TPSA) is 52.7 Å². The second-order valence-electron chi connectivity index (χ2n) is 5.51. The van der Waals surface area contributed by atoms with Gasteiger partial charge in [0.15, 0.2) is 0 Å². The summed E-state index contributed by atoms with van der Waals surface area (Å²) in [6.07, 6.45) is -2.71. The Balaban J connectivity index is 1.91. The number of hydrogen-bond acceptors (Lipinski definition) is 3. The van der Waals surface area contributed by atoms with E-state index in [4.69, 9.17) is 0 Å². The third-order valence-corrected chi connectivity index (χ3v) is 3.98. The maximum atomic E-state index is 12.4. The summed E-state index contributed by atoms with van der Waals surface area (Å²) >= 11 is 0. The average Bonchev–Trinajstić information content (AvgIpc) is 2.71. The van der Waals surface area contributed by atoms with Gasteiger partial charge < -0.3 is 15.1 Å². The first-order valence-electron chi connectivity index (χ1n) is 7.25. The van der Waals surface area contributed by atoms with Crippen LogP contribution < -0.4 is 5.32 Å². The number of nitrogens with zero attached hydrogens (tertiary/aromatic N) is 2. The Morgan fingerprint density at radius 3 is 2.29 bits per heavy atom. The zero-order valence-electron chi connectivity index (χ0n) is 11.8. The van der Waals surface area contributed by atoms with Crippen molar-refractivity contribution in [2.75, 3.05) is 39.3 Å². The van der Waals surface area contributed by atoms with Crippen molar-refractivity contribution >= 4 is 11.8 Å². The molecule has 0 saturated carbocycles. The summed E-state index contributed by atoms with van der Waals surface area (Å²) in [5.74, 6) is -1.91. The lowest BCUT2D eigenvalue weighted by molar-refractivity contribution is -0.185. The molecule has 2 aliphatic heterocycles. The van der Waals surface area contributed by atoms with Gasteiger partial charge in [0.2, 0.25) is 5.91 Å². The van der Waals surface area contributed by atoms with E-state index in [2.05, 4.69) is 5.32 Å². The van der Waals surface area contributed by atoms with Crippen LogP contribution in [0.3, 0.4) is 0 Å². The van der Waals surface area contributed by atoms with Gasteiger partial charge in [-0.15, -0.1) is 0 Å². The Morgan fingerprint density at radius 1 is 1.00 bits per heavy atom. The Hall–Kier alpha value is -1.31. The van der Waals surface area contributed by atoms with E-state index in [1.165, 1.54) is 0 Å². The summed E-state index contributed by atoms with van der Waals surface area (Å²) in [5.41, 5.74) is 0. The minimum Gasteiger partial charge on any atom is -0.341 e. The molecule has 1 N–H and O–H groups in total. The molecule has 0 aromatic carbocycles. The molecule has 0 spiro atoms. The van der Waals surface area contributed by atoms with Crippen molar-refractivity contribution in [2.45, 2.75) is 25.4 Å². The third kappa shape index (κ3) is 4.09. The predicted molar refractivity (Wildman–Crippen MR) is 69.4 cm³/mol. The van der Waals surface area contributed by atoms with Crippen LogP contribution in [0.25, 0.3) is 0 Å². The van der Waals surface area contributed by atoms with Crippen LogP contribution >= 0.6 is 0 Å². The van der Waals surface area contributed by atoms with Crippen molar-refractivity contribution in [1.82, 2.24) is 15.1 Å². The fourth-order valence-electron chi connectivity index (χ4n) is 2.84. The van der Waals surface area contributed by atoms with Gasteiger partial charge in [0, 0.05) is 32.7 Å². The van der Waals surface area contributed by atoms with Gasteiger partial charge >= 0.3 is 12.1 Å². The molecule has 21 heavy (non-hydrogen) atoms. The lowest BCUT2D eigenvalue weighted by atomic mass is 9.98. The van der Waals surface area contributed by atoms with E-state index in [1.54, 1.807) is 4.90 Å². The van der Waals surface area contributed by atoms with Gasteiger partial charge in [-0.25, -0.2) is 0 Å². The van der Waals surface area contributed by atoms with Crippen LogP contribution in [0, 0.1) is 5.92 Å². The highest BCUT2D eigenvalue weighted by molar-refractivity contribution is 5.82. The van der Waals surface area contributed by atoms with Crippen molar-refractivity contribution in [3.63, 3.8) is 0 Å². The van der Waals surface area contributed by atoms with Crippen LogP contribution in [-0.2, 0) is 9.59 Å². The minimum atomic E-state index is -4.84. The number of amides is 2. The molecule has 0 bridgehead atoms. The summed E-state index contributed by atoms with van der Waals surface area (Å²) in [4.78, 5) is 26.0. The van der Waals surface area contributed by atoms with Crippen molar-refractivity contribution in [2.24, 2.45) is 5.92 Å². The summed E-state index contributed by atoms with van der Waals surface area (Å²) < 4.78 is 37.3. The molecule has 2 rings (SSSR count). The number of rotatable bonds is 1. The standard InChI is InChI=1S/C13H20F3N3O2/c14-13(15,16)12(21)19-6-2-5-18(7-8-19)11(20)10-3-1-4-17-9-10/h10,17H,1-9H2/t10-/m1/s1. The molecule has 0 unspecified atom stereocenters. The van der Waals surface area contributed by atoms with Crippen LogP contribution in [0.1, 0.15) is 19.3 Å². The van der Waals surface area contributed by atoms with Gasteiger partial charge in [0.25, 0.3) is 0 Å². The molecule has 120 valence electrons. The molecule has 0 radical (unpaired) electrons. The molecule has 0 aromatic rings. The first-order chi connectivity index (χ1) is 9.89. The highest BCUT2D eigenvalue weighted by Crippen LogP contribution is 2.20. The summed E-state index contributed by atoms with van der Waals surface area (Å²) in [6.45, 7) is 2.11. The Kier molecular flexibility index (Phi) is 5.08. The molecular formula is C13H20F3N3O2. The van der Waals surface area contributed by atoms with E-state index in [0.29, 0.717) is 19.5 Å². The van der Waals surface area contributed by atoms with E-state index in [1.807, 2.05) is 0 Å². The minimum absolute atomic E-state index is 0.0106. The highest BCUT2D eigenvalue weighted by Gasteiger charge is 2.43. The van der Waals surface area contributed by atoms with E-state index < -0.39 is 12.1 Å². The zero-order valence-corrected chi connectivity index (χ0v) is 11.8. The van der Waals surface area contributed by atoms with Crippen molar-refractivity contribution < 1.29 is 22.8 Å². The molecule has 2 heterocycles. The average molecular weight is 307 g/mol. The van der Waals surface area contributed by atoms with Crippen LogP contribution in [0.15, 0.2) is 0 Å². The van der Waals surface area contributed by atoms with E-state index in [-0.39, 0.29) is 31.5 Å². The molecule has 0 aliphatic carbocycles. The van der Waals surface area contributed by atoms with Crippen molar-refractivity contribution in [1.29, 1.82) is 0 Å². The maximum absolute atomic E-state index is 12.4. The van der Waals surface area contributed by atoms with Crippen LogP contribution in [0.4, 0.5) is 13.2 Å². The number of hydrogen-bond donors (Lipinski definition) is 1. The second-order valence-corrected chi connectivity index (χ2v) is 5.51. The number of carbonyl (C=O) groups excluding carboxylic acids is 2. The quantitative estimate of drug-likeness (QED) is 0.772. The zero-order chi connectivity index (χ0) is 15.5. The van der Waals surface area contributed by atoms with Crippen molar-refractivity contribution in [3.05, 3.63) is 0 Å². The lowest BCUT2D eigenvalue weighted by Gasteiger charge is -2.29. The number of carbonyl (C=O) groups is 2. The molecule has 2 aliphatic rings. The van der Waals surface area contributed by atoms with Gasteiger partial charge in [-0.1, -0.05) is 0 Å². The van der Waals surface area contributed by atoms with Crippen molar-refractivity contribution in [3.8, 4) is 0 Å². The maximum Gasteiger partial charge on any atom is 0.471 e. The van der Waals surface area contributed by atoms with Crippen LogP contribution in [0.2, 0.25) is 0 Å². The summed E-state index contributed by atoms with van der Waals surface area (Å²) in [6, 6.07) is 0. The Bertz CT molecular complexity index is 395. The normalized spacial score (nSPS) is 24.6. The smallest absolute Gasteiger partial charge is 0.341 e. The lowest BCUT2D eigenvalue weighted by Crippen LogP contribution is -2.46. The van der Waals surface area contributed by atoms with Gasteiger partial charge in [-0.2, -0.15) is 13.2 Å². The van der Waals surface area contributed by atoms with Gasteiger partial charge in [-0.05, 0) is 25.8 Å². The Labute approximate surface area is 121 Å². The predicted octanol–water partition coefficient (Wildman–Crippen LogP) is 0.609. The van der Waals surface area contributed by atoms with Crippen LogP contribution in [-0.4, -0.2) is 67.1 Å². The summed E-state index contributed by atoms with van der Waals surface area (Å²) in [5, 5.41) is 3.16. The number of alkyl halides is 3. The molecule has 0 aromatic heterocycles. The van der Waals surface area contributed by atoms with Gasteiger partial charge in [0.05, 0.1) is 5.92 Å². The molecule has 1 atom stereocenters. The Morgan fingerprint density at radius 2 is 1.67 bits per heavy atom. The number of halogens is 3. The van der Waals surface area contributed by atoms with Gasteiger partial charge in [0.1, 0.15) is 0 Å². The van der Waals surface area contributed by atoms with E-state index in [9.17, 15) is 22.8 Å². The largest absolute Gasteiger partial charge is 0.471 e. The summed E-state index contributed by atoms with van der Waals surface area (Å²) in [7, 11) is 0. The fourth-order valence-corrected chi connectivity index (χ4v) is 2.84. The van der Waals surface area contributed by atoms with E-state index in [0.717, 1.165) is 24.3 Å². The van der Waals surface area contributed by atoms with Gasteiger partial charge in [-0.3, -0.25) is 9.59 Å². The second kappa shape index (κ2) is 6.64. The number of nitrogens with one attached hydrogen (secondary N) is 1. The SMILES string of the molecule is O=C([C@@H]1CCCNC1)N1CCCN(C(=O)C(F)(F)F)CC1. The highest BCUT2D eigenvalue weighted by atomic mass is 19.4. The molecule has 2 amide bonds. The third-order valence-electron chi connectivity index (χ3n) is 3.98. The fraction of sp³-hybridized carbons (Fsp3) is 0.846. The molecule has 2 saturated heterocycles. The van der Waals surface area contributed by atoms with E-state index >= 15 is 0 Å². The van der Waals surface area contributed by atoms with Crippen LogP contribution in [0.5, 0.6) is 0 Å². The molecule has 8 heteroatoms.